The maximum Gasteiger partial charge on any atom is 0.251 e. The summed E-state index contributed by atoms with van der Waals surface area (Å²) >= 11 is 0. The summed E-state index contributed by atoms with van der Waals surface area (Å²) in [5, 5.41) is 2.91. The number of morpholine rings is 1. The molecule has 1 N–H and O–H groups in total. The molecule has 2 aromatic rings. The van der Waals surface area contributed by atoms with Gasteiger partial charge in [-0.05, 0) is 12.0 Å². The van der Waals surface area contributed by atoms with Crippen LogP contribution in [0.2, 0.25) is 0 Å². The highest BCUT2D eigenvalue weighted by molar-refractivity contribution is 5.86. The first-order valence-corrected chi connectivity index (χ1v) is 8.32. The van der Waals surface area contributed by atoms with Gasteiger partial charge < -0.3 is 19.5 Å². The van der Waals surface area contributed by atoms with Crippen LogP contribution in [-0.4, -0.2) is 52.6 Å². The molecule has 2 heterocycles. The van der Waals surface area contributed by atoms with E-state index in [9.17, 15) is 9.59 Å². The molecule has 1 aromatic carbocycles. The van der Waals surface area contributed by atoms with Crippen LogP contribution < -0.4 is 5.32 Å². The third-order valence-corrected chi connectivity index (χ3v) is 4.33. The van der Waals surface area contributed by atoms with Crippen LogP contribution in [0.25, 0.3) is 0 Å². The van der Waals surface area contributed by atoms with E-state index in [2.05, 4.69) is 10.3 Å². The summed E-state index contributed by atoms with van der Waals surface area (Å²) < 4.78 is 7.53. The molecule has 7 nitrogen and oxygen atoms in total. The molecule has 0 aliphatic carbocycles. The van der Waals surface area contributed by atoms with Crippen LogP contribution in [0, 0.1) is 0 Å². The lowest BCUT2D eigenvalue weighted by molar-refractivity contribution is -0.162. The number of nitrogens with one attached hydrogen (secondary N) is 1. The predicted octanol–water partition coefficient (Wildman–Crippen LogP) is 0.988. The van der Waals surface area contributed by atoms with E-state index in [-0.39, 0.29) is 18.4 Å². The average molecular weight is 342 g/mol. The number of aryl methyl sites for hydroxylation is 1. The number of hydrogen-bond donors (Lipinski definition) is 1. The number of rotatable bonds is 6. The molecular weight excluding hydrogens is 320 g/mol. The van der Waals surface area contributed by atoms with Crippen LogP contribution in [-0.2, 0) is 20.9 Å². The minimum atomic E-state index is -0.710. The lowest BCUT2D eigenvalue weighted by Crippen LogP contribution is -2.53. The molecule has 0 unspecified atom stereocenters. The number of carbonyl (C=O) groups excluding carboxylic acids is 2. The highest BCUT2D eigenvalue weighted by Gasteiger charge is 2.39. The summed E-state index contributed by atoms with van der Waals surface area (Å²) in [6, 6.07) is 9.08. The van der Waals surface area contributed by atoms with Gasteiger partial charge in [0.15, 0.2) is 6.10 Å². The number of ether oxygens (including phenoxy) is 1. The van der Waals surface area contributed by atoms with Crippen LogP contribution in [0.15, 0.2) is 49.1 Å². The lowest BCUT2D eigenvalue weighted by atomic mass is 9.97. The van der Waals surface area contributed by atoms with E-state index >= 15 is 0 Å². The molecule has 3 rings (SSSR count). The van der Waals surface area contributed by atoms with Crippen LogP contribution in [0.5, 0.6) is 0 Å². The molecule has 0 saturated carbocycles. The van der Waals surface area contributed by atoms with Gasteiger partial charge in [-0.1, -0.05) is 30.3 Å². The maximum atomic E-state index is 12.6. The van der Waals surface area contributed by atoms with Gasteiger partial charge in [0.25, 0.3) is 5.91 Å². The van der Waals surface area contributed by atoms with Gasteiger partial charge >= 0.3 is 0 Å². The number of nitrogens with zero attached hydrogens (tertiary/aromatic N) is 3. The molecule has 0 spiro atoms. The molecule has 7 heteroatoms. The van der Waals surface area contributed by atoms with Crippen molar-refractivity contribution in [2.45, 2.75) is 25.1 Å². The molecule has 2 amide bonds. The first-order chi connectivity index (χ1) is 12.2. The highest BCUT2D eigenvalue weighted by atomic mass is 16.5. The molecule has 0 radical (unpaired) electrons. The largest absolute Gasteiger partial charge is 0.356 e. The van der Waals surface area contributed by atoms with Crippen LogP contribution >= 0.6 is 0 Å². The van der Waals surface area contributed by atoms with Crippen molar-refractivity contribution in [1.82, 2.24) is 19.8 Å². The van der Waals surface area contributed by atoms with E-state index in [4.69, 9.17) is 4.74 Å². The predicted molar refractivity (Wildman–Crippen MR) is 91.5 cm³/mol. The van der Waals surface area contributed by atoms with Gasteiger partial charge in [0.2, 0.25) is 5.91 Å². The van der Waals surface area contributed by atoms with E-state index in [0.717, 1.165) is 18.5 Å². The Bertz CT molecular complexity index is 702. The number of aromatic nitrogens is 2. The number of hydrogen-bond acceptors (Lipinski definition) is 4. The number of benzene rings is 1. The Hall–Kier alpha value is -2.67. The molecule has 25 heavy (non-hydrogen) atoms. The molecule has 1 aliphatic rings. The van der Waals surface area contributed by atoms with Crippen molar-refractivity contribution in [2.24, 2.45) is 0 Å². The first kappa shape index (κ1) is 17.2. The zero-order valence-electron chi connectivity index (χ0n) is 14.2. The van der Waals surface area contributed by atoms with Crippen molar-refractivity contribution in [3.05, 3.63) is 54.6 Å². The minimum absolute atomic E-state index is 0.0764. The summed E-state index contributed by atoms with van der Waals surface area (Å²) in [4.78, 5) is 30.2. The van der Waals surface area contributed by atoms with E-state index in [1.807, 2.05) is 41.1 Å². The Morgan fingerprint density at radius 2 is 2.16 bits per heavy atom. The van der Waals surface area contributed by atoms with Crippen molar-refractivity contribution in [2.75, 3.05) is 20.2 Å². The van der Waals surface area contributed by atoms with E-state index < -0.39 is 12.1 Å². The molecular formula is C18H22N4O3. The minimum Gasteiger partial charge on any atom is -0.356 e. The number of amides is 2. The van der Waals surface area contributed by atoms with Gasteiger partial charge in [0.1, 0.15) is 6.61 Å². The van der Waals surface area contributed by atoms with Crippen molar-refractivity contribution in [3.8, 4) is 0 Å². The Balaban J connectivity index is 1.61. The summed E-state index contributed by atoms with van der Waals surface area (Å²) in [7, 11) is 1.71. The second-order valence-electron chi connectivity index (χ2n) is 6.04. The smallest absolute Gasteiger partial charge is 0.251 e. The first-order valence-electron chi connectivity index (χ1n) is 8.32. The Morgan fingerprint density at radius 3 is 2.88 bits per heavy atom. The average Bonchev–Trinajstić information content (AvgIpc) is 3.15. The van der Waals surface area contributed by atoms with Gasteiger partial charge in [0, 0.05) is 32.5 Å². The van der Waals surface area contributed by atoms with Gasteiger partial charge in [-0.25, -0.2) is 4.98 Å². The van der Waals surface area contributed by atoms with Gasteiger partial charge in [-0.3, -0.25) is 9.59 Å². The number of imidazole rings is 1. The normalized spacial score (nSPS) is 20.5. The maximum absolute atomic E-state index is 12.6. The van der Waals surface area contributed by atoms with Crippen LogP contribution in [0.4, 0.5) is 0 Å². The molecule has 0 bridgehead atoms. The van der Waals surface area contributed by atoms with Crippen LogP contribution in [0.3, 0.4) is 0 Å². The van der Waals surface area contributed by atoms with Crippen LogP contribution in [0.1, 0.15) is 18.0 Å². The van der Waals surface area contributed by atoms with Crippen molar-refractivity contribution in [1.29, 1.82) is 0 Å². The molecule has 1 fully saturated rings. The van der Waals surface area contributed by atoms with Gasteiger partial charge in [-0.2, -0.15) is 0 Å². The lowest BCUT2D eigenvalue weighted by Gasteiger charge is -2.38. The van der Waals surface area contributed by atoms with Crippen molar-refractivity contribution >= 4 is 11.8 Å². The summed E-state index contributed by atoms with van der Waals surface area (Å²) in [5.41, 5.74) is 0.886. The standard InChI is InChI=1S/C18H22N4O3/c1-21-15(23)12-25-17(16(21)14-6-3-2-4-7-14)18(24)20-8-5-10-22-11-9-19-13-22/h2-4,6-7,9,11,13,16-17H,5,8,10,12H2,1H3,(H,20,24)/t16-,17-/m0/s1. The third kappa shape index (κ3) is 4.06. The van der Waals surface area contributed by atoms with E-state index in [0.29, 0.717) is 6.54 Å². The monoisotopic (exact) mass is 342 g/mol. The van der Waals surface area contributed by atoms with E-state index in [1.165, 1.54) is 0 Å². The second-order valence-corrected chi connectivity index (χ2v) is 6.04. The zero-order chi connectivity index (χ0) is 17.6. The summed E-state index contributed by atoms with van der Waals surface area (Å²) in [6.45, 7) is 1.25. The van der Waals surface area contributed by atoms with E-state index in [1.54, 1.807) is 24.5 Å². The quantitative estimate of drug-likeness (QED) is 0.794. The third-order valence-electron chi connectivity index (χ3n) is 4.33. The SMILES string of the molecule is CN1C(=O)CO[C@H](C(=O)NCCCn2ccnc2)[C@@H]1c1ccccc1. The fourth-order valence-electron chi connectivity index (χ4n) is 2.97. The summed E-state index contributed by atoms with van der Waals surface area (Å²) in [5.74, 6) is -0.322. The summed E-state index contributed by atoms with van der Waals surface area (Å²) in [6.07, 6.45) is 5.44. The molecule has 1 saturated heterocycles. The van der Waals surface area contributed by atoms with Crippen molar-refractivity contribution < 1.29 is 14.3 Å². The Kier molecular flexibility index (Phi) is 5.45. The number of carbonyl (C=O) groups is 2. The zero-order valence-corrected chi connectivity index (χ0v) is 14.2. The molecule has 1 aromatic heterocycles. The fraction of sp³-hybridized carbons (Fsp3) is 0.389. The second kappa shape index (κ2) is 7.94. The number of likely N-dealkylation sites (N-methyl/N-ethyl adjacent to an activating group) is 1. The topological polar surface area (TPSA) is 76.5 Å². The molecule has 2 atom stereocenters. The Morgan fingerprint density at radius 1 is 1.36 bits per heavy atom. The fourth-order valence-corrected chi connectivity index (χ4v) is 2.97. The Labute approximate surface area is 146 Å². The highest BCUT2D eigenvalue weighted by Crippen LogP contribution is 2.28. The molecule has 1 aliphatic heterocycles. The van der Waals surface area contributed by atoms with Gasteiger partial charge in [0.05, 0.1) is 12.4 Å². The van der Waals surface area contributed by atoms with Gasteiger partial charge in [-0.15, -0.1) is 0 Å². The van der Waals surface area contributed by atoms with Crippen molar-refractivity contribution in [3.63, 3.8) is 0 Å². The molecule has 132 valence electrons.